The lowest BCUT2D eigenvalue weighted by Crippen LogP contribution is -2.08. The molecule has 0 spiro atoms. The lowest BCUT2D eigenvalue weighted by Gasteiger charge is -2.12. The van der Waals surface area contributed by atoms with Crippen LogP contribution >= 0.6 is 11.3 Å². The first kappa shape index (κ1) is 25.4. The van der Waals surface area contributed by atoms with Gasteiger partial charge in [0.25, 0.3) is 15.8 Å². The molecule has 0 unspecified atom stereocenters. The summed E-state index contributed by atoms with van der Waals surface area (Å²) in [6, 6.07) is 12.8. The fraction of sp³-hybridized carbons (Fsp3) is 0. The molecule has 2 aromatic heterocycles. The Bertz CT molecular complexity index is 2040. The van der Waals surface area contributed by atoms with E-state index in [0.717, 1.165) is 35.6 Å². The molecule has 0 saturated heterocycles. The number of nitro benzene ring substituents is 2. The molecule has 16 heteroatoms. The molecule has 0 bridgehead atoms. The maximum Gasteiger partial charge on any atom is 0.348 e. The van der Waals surface area contributed by atoms with E-state index in [1.54, 1.807) is 24.3 Å². The van der Waals surface area contributed by atoms with E-state index >= 15 is 0 Å². The number of nitrogens with zero attached hydrogens (tertiary/aromatic N) is 4. The summed E-state index contributed by atoms with van der Waals surface area (Å²) in [5.74, 6) is -1.31. The third kappa shape index (κ3) is 4.53. The first-order valence-electron chi connectivity index (χ1n) is 10.5. The van der Waals surface area contributed by atoms with Crippen molar-refractivity contribution in [3.63, 3.8) is 0 Å². The molecule has 0 aliphatic rings. The molecular weight excluding hydrogens is 556 g/mol. The summed E-state index contributed by atoms with van der Waals surface area (Å²) in [6.45, 7) is 0. The number of hydrogen-bond acceptors (Lipinski definition) is 12. The van der Waals surface area contributed by atoms with Crippen molar-refractivity contribution in [1.82, 2.24) is 4.98 Å². The molecule has 0 saturated carbocycles. The molecule has 0 amide bonds. The molecule has 5 rings (SSSR count). The number of ether oxygens (including phenoxy) is 1. The van der Waals surface area contributed by atoms with Crippen molar-refractivity contribution < 1.29 is 32.0 Å². The van der Waals surface area contributed by atoms with Gasteiger partial charge in [0.2, 0.25) is 5.75 Å². The number of thiazole rings is 1. The molecule has 1 N–H and O–H groups in total. The molecule has 0 aliphatic carbocycles. The first-order chi connectivity index (χ1) is 18.5. The fourth-order valence-corrected chi connectivity index (χ4v) is 5.37. The van der Waals surface area contributed by atoms with E-state index in [1.165, 1.54) is 0 Å². The van der Waals surface area contributed by atoms with Crippen molar-refractivity contribution in [1.29, 1.82) is 5.26 Å². The molecule has 194 valence electrons. The summed E-state index contributed by atoms with van der Waals surface area (Å²) < 4.78 is 45.8. The van der Waals surface area contributed by atoms with E-state index in [9.17, 15) is 43.3 Å². The van der Waals surface area contributed by atoms with Crippen molar-refractivity contribution in [3.05, 3.63) is 90.8 Å². The highest BCUT2D eigenvalue weighted by Crippen LogP contribution is 2.40. The summed E-state index contributed by atoms with van der Waals surface area (Å²) in [7, 11) is -5.08. The number of hydrogen-bond donors (Lipinski definition) is 1. The number of para-hydroxylation sites is 1. The molecule has 0 fully saturated rings. The molecule has 5 aromatic rings. The van der Waals surface area contributed by atoms with Gasteiger partial charge in [0.15, 0.2) is 5.75 Å². The van der Waals surface area contributed by atoms with Gasteiger partial charge in [-0.1, -0.05) is 12.1 Å². The van der Waals surface area contributed by atoms with Crippen LogP contribution in [0.1, 0.15) is 5.56 Å². The van der Waals surface area contributed by atoms with E-state index in [2.05, 4.69) is 4.98 Å². The van der Waals surface area contributed by atoms with Crippen molar-refractivity contribution in [2.24, 2.45) is 0 Å². The minimum Gasteiger partial charge on any atom is -0.449 e. The van der Waals surface area contributed by atoms with Crippen LogP contribution in [-0.2, 0) is 10.1 Å². The van der Waals surface area contributed by atoms with Gasteiger partial charge in [-0.15, -0.1) is 11.3 Å². The van der Waals surface area contributed by atoms with Crippen LogP contribution in [0, 0.1) is 31.6 Å². The Morgan fingerprint density at radius 3 is 2.44 bits per heavy atom. The summed E-state index contributed by atoms with van der Waals surface area (Å²) in [5.41, 5.74) is -2.80. The summed E-state index contributed by atoms with van der Waals surface area (Å²) in [6.07, 6.45) is 0. The zero-order valence-corrected chi connectivity index (χ0v) is 20.6. The zero-order chi connectivity index (χ0) is 28.1. The van der Waals surface area contributed by atoms with Gasteiger partial charge in [0.05, 0.1) is 31.7 Å². The second-order valence-electron chi connectivity index (χ2n) is 7.78. The minimum absolute atomic E-state index is 0.138. The van der Waals surface area contributed by atoms with E-state index in [1.807, 2.05) is 6.07 Å². The number of non-ortho nitro benzene ring substituents is 1. The summed E-state index contributed by atoms with van der Waals surface area (Å²) in [4.78, 5) is 37.0. The standard InChI is InChI=1S/C23H10N4O10S2/c24-10-13-12-8-20(39(33,34)35)18(36-16-6-5-11(26(29)30)7-15(16)27(31)32)9-17(12)37-23(28)21(13)22-25-14-3-1-2-4-19(14)38-22/h1-9H,(H,33,34,35). The monoisotopic (exact) mass is 566 g/mol. The smallest absolute Gasteiger partial charge is 0.348 e. The van der Waals surface area contributed by atoms with Crippen LogP contribution in [0.5, 0.6) is 11.5 Å². The third-order valence-electron chi connectivity index (χ3n) is 5.44. The van der Waals surface area contributed by atoms with Crippen LogP contribution in [0.2, 0.25) is 0 Å². The topological polar surface area (TPSA) is 217 Å². The van der Waals surface area contributed by atoms with Gasteiger partial charge >= 0.3 is 11.3 Å². The Morgan fingerprint density at radius 2 is 1.79 bits per heavy atom. The highest BCUT2D eigenvalue weighted by molar-refractivity contribution is 7.86. The van der Waals surface area contributed by atoms with Gasteiger partial charge in [-0.3, -0.25) is 24.8 Å². The largest absolute Gasteiger partial charge is 0.449 e. The molecule has 0 atom stereocenters. The Morgan fingerprint density at radius 1 is 1.05 bits per heavy atom. The van der Waals surface area contributed by atoms with Crippen LogP contribution < -0.4 is 10.4 Å². The number of nitriles is 1. The quantitative estimate of drug-likeness (QED) is 0.127. The van der Waals surface area contributed by atoms with E-state index < -0.39 is 53.4 Å². The second-order valence-corrected chi connectivity index (χ2v) is 10.2. The number of nitro groups is 2. The van der Waals surface area contributed by atoms with Gasteiger partial charge in [-0.2, -0.15) is 13.7 Å². The average molecular weight is 566 g/mol. The van der Waals surface area contributed by atoms with Gasteiger partial charge in [0.1, 0.15) is 27.1 Å². The maximum atomic E-state index is 13.0. The van der Waals surface area contributed by atoms with Gasteiger partial charge in [-0.05, 0) is 24.3 Å². The Kier molecular flexibility index (Phi) is 6.03. The predicted octanol–water partition coefficient (Wildman–Crippen LogP) is 4.80. The third-order valence-corrected chi connectivity index (χ3v) is 7.37. The predicted molar refractivity (Wildman–Crippen MR) is 135 cm³/mol. The molecule has 2 heterocycles. The number of rotatable bonds is 6. The molecular formula is C23H10N4O10S2. The van der Waals surface area contributed by atoms with Crippen LogP contribution in [0.15, 0.2) is 68.7 Å². The molecule has 14 nitrogen and oxygen atoms in total. The SMILES string of the molecule is N#Cc1c(-c2nc3ccccc3s2)c(=O)oc2cc(Oc3ccc([N+](=O)[O-])cc3[N+](=O)[O-])c(S(=O)(=O)O)cc12. The Balaban J connectivity index is 1.75. The lowest BCUT2D eigenvalue weighted by molar-refractivity contribution is -0.394. The molecule has 0 aliphatic heterocycles. The molecule has 39 heavy (non-hydrogen) atoms. The van der Waals surface area contributed by atoms with Gasteiger partial charge in [-0.25, -0.2) is 9.78 Å². The van der Waals surface area contributed by atoms with Gasteiger partial charge < -0.3 is 9.15 Å². The van der Waals surface area contributed by atoms with Crippen LogP contribution in [0.3, 0.4) is 0 Å². The highest BCUT2D eigenvalue weighted by Gasteiger charge is 2.27. The van der Waals surface area contributed by atoms with Crippen molar-refractivity contribution >= 4 is 54.0 Å². The maximum absolute atomic E-state index is 13.0. The van der Waals surface area contributed by atoms with Crippen LogP contribution in [0.4, 0.5) is 11.4 Å². The van der Waals surface area contributed by atoms with E-state index in [-0.39, 0.29) is 27.1 Å². The highest BCUT2D eigenvalue weighted by atomic mass is 32.2. The number of benzene rings is 3. The summed E-state index contributed by atoms with van der Waals surface area (Å²) in [5, 5.41) is 32.4. The number of aromatic nitrogens is 1. The normalized spacial score (nSPS) is 11.4. The summed E-state index contributed by atoms with van der Waals surface area (Å²) >= 11 is 1.10. The average Bonchev–Trinajstić information content (AvgIpc) is 3.30. The Hall–Kier alpha value is -5.24. The van der Waals surface area contributed by atoms with E-state index in [0.29, 0.717) is 16.3 Å². The van der Waals surface area contributed by atoms with Crippen LogP contribution in [0.25, 0.3) is 31.8 Å². The van der Waals surface area contributed by atoms with Crippen molar-refractivity contribution in [2.75, 3.05) is 0 Å². The van der Waals surface area contributed by atoms with Crippen LogP contribution in [-0.4, -0.2) is 27.8 Å². The first-order valence-corrected chi connectivity index (χ1v) is 12.7. The van der Waals surface area contributed by atoms with Crippen molar-refractivity contribution in [2.45, 2.75) is 4.90 Å². The lowest BCUT2D eigenvalue weighted by atomic mass is 10.1. The fourth-order valence-electron chi connectivity index (χ4n) is 3.75. The zero-order valence-electron chi connectivity index (χ0n) is 18.9. The van der Waals surface area contributed by atoms with E-state index in [4.69, 9.17) is 9.15 Å². The minimum atomic E-state index is -5.08. The van der Waals surface area contributed by atoms with Crippen molar-refractivity contribution in [3.8, 4) is 28.1 Å². The molecule has 0 radical (unpaired) electrons. The Labute approximate surface area is 220 Å². The number of fused-ring (bicyclic) bond motifs is 2. The second kappa shape index (κ2) is 9.25. The van der Waals surface area contributed by atoms with Gasteiger partial charge in [0, 0.05) is 17.5 Å². The molecule has 3 aromatic carbocycles.